The zero-order valence-corrected chi connectivity index (χ0v) is 11.6. The minimum atomic E-state index is 0.365. The van der Waals surface area contributed by atoms with Crippen LogP contribution in [0, 0.1) is 0 Å². The number of hydrogen-bond acceptors (Lipinski definition) is 3. The molecule has 1 heterocycles. The van der Waals surface area contributed by atoms with Gasteiger partial charge >= 0.3 is 0 Å². The fourth-order valence-electron chi connectivity index (χ4n) is 1.79. The van der Waals surface area contributed by atoms with Crippen LogP contribution >= 0.6 is 0 Å². The first kappa shape index (κ1) is 15.4. The second-order valence-corrected chi connectivity index (χ2v) is 4.59. The van der Waals surface area contributed by atoms with Crippen LogP contribution in [0.1, 0.15) is 19.3 Å². The maximum absolute atomic E-state index is 9.84. The van der Waals surface area contributed by atoms with Crippen LogP contribution in [-0.2, 0) is 9.53 Å². The molecule has 0 aromatic carbocycles. The zero-order chi connectivity index (χ0) is 13.8. The van der Waals surface area contributed by atoms with Gasteiger partial charge in [0.25, 0.3) is 6.47 Å². The molecule has 0 bridgehead atoms. The van der Waals surface area contributed by atoms with E-state index in [4.69, 9.17) is 0 Å². The van der Waals surface area contributed by atoms with Gasteiger partial charge in [0, 0.05) is 6.54 Å². The van der Waals surface area contributed by atoms with E-state index in [-0.39, 0.29) is 0 Å². The summed E-state index contributed by atoms with van der Waals surface area (Å²) in [7, 11) is 2.16. The number of carbonyl (C=O) groups excluding carboxylic acids is 1. The van der Waals surface area contributed by atoms with Crippen molar-refractivity contribution in [3.05, 3.63) is 48.1 Å². The molecule has 0 aromatic heterocycles. The number of nitrogens with zero attached hydrogens (tertiary/aromatic N) is 1. The number of hydrogen-bond donors (Lipinski definition) is 0. The van der Waals surface area contributed by atoms with Crippen molar-refractivity contribution in [1.82, 2.24) is 4.90 Å². The van der Waals surface area contributed by atoms with Crippen molar-refractivity contribution in [3.8, 4) is 0 Å². The lowest BCUT2D eigenvalue weighted by Crippen LogP contribution is -2.17. The standard InChI is InChI=1S/C9H10O2.C7H13N/c10-8-11-7-9-5-3-1-2-4-6-9;1-8-6-4-2-3-5-7-8/h1,3-6,8H,2,7H2;2,4H,3,5-7H2,1H3. The van der Waals surface area contributed by atoms with Crippen LogP contribution < -0.4 is 0 Å². The summed E-state index contributed by atoms with van der Waals surface area (Å²) in [6.07, 6.45) is 18.0. The van der Waals surface area contributed by atoms with Crippen LogP contribution in [0.2, 0.25) is 0 Å². The molecule has 1 aliphatic carbocycles. The molecule has 0 fully saturated rings. The van der Waals surface area contributed by atoms with Crippen LogP contribution in [-0.4, -0.2) is 38.1 Å². The van der Waals surface area contributed by atoms with E-state index in [1.54, 1.807) is 0 Å². The second kappa shape index (κ2) is 10.3. The van der Waals surface area contributed by atoms with Crippen LogP contribution in [0.15, 0.2) is 48.1 Å². The van der Waals surface area contributed by atoms with Crippen molar-refractivity contribution >= 4 is 6.47 Å². The van der Waals surface area contributed by atoms with Crippen molar-refractivity contribution in [2.24, 2.45) is 0 Å². The molecule has 0 saturated heterocycles. The molecule has 2 aliphatic rings. The molecule has 0 saturated carbocycles. The molecule has 0 aromatic rings. The van der Waals surface area contributed by atoms with Gasteiger partial charge in [-0.2, -0.15) is 0 Å². The van der Waals surface area contributed by atoms with Gasteiger partial charge in [-0.25, -0.2) is 0 Å². The summed E-state index contributed by atoms with van der Waals surface area (Å²) in [5.74, 6) is 0. The first-order valence-corrected chi connectivity index (χ1v) is 6.74. The Balaban J connectivity index is 0.000000200. The van der Waals surface area contributed by atoms with Crippen molar-refractivity contribution < 1.29 is 9.53 Å². The van der Waals surface area contributed by atoms with Crippen molar-refractivity contribution in [3.63, 3.8) is 0 Å². The van der Waals surface area contributed by atoms with E-state index in [1.807, 2.05) is 30.4 Å². The van der Waals surface area contributed by atoms with E-state index in [0.29, 0.717) is 13.1 Å². The average Bonchev–Trinajstić information content (AvgIpc) is 2.81. The van der Waals surface area contributed by atoms with Gasteiger partial charge in [0.15, 0.2) is 0 Å². The third-order valence-electron chi connectivity index (χ3n) is 2.86. The highest BCUT2D eigenvalue weighted by Gasteiger charge is 1.96. The van der Waals surface area contributed by atoms with Crippen LogP contribution in [0.25, 0.3) is 0 Å². The Bertz CT molecular complexity index is 367. The van der Waals surface area contributed by atoms with E-state index in [0.717, 1.165) is 18.5 Å². The number of likely N-dealkylation sites (N-methyl/N-ethyl adjacent to an activating group) is 1. The Morgan fingerprint density at radius 1 is 1.32 bits per heavy atom. The van der Waals surface area contributed by atoms with E-state index < -0.39 is 0 Å². The fraction of sp³-hybridized carbons (Fsp3) is 0.438. The minimum absolute atomic E-state index is 0.365. The fourth-order valence-corrected chi connectivity index (χ4v) is 1.79. The molecule has 0 atom stereocenters. The molecule has 2 rings (SSSR count). The third kappa shape index (κ3) is 8.16. The topological polar surface area (TPSA) is 29.5 Å². The molecular weight excluding hydrogens is 238 g/mol. The molecule has 0 spiro atoms. The number of rotatable bonds is 3. The highest BCUT2D eigenvalue weighted by Crippen LogP contribution is 2.03. The lowest BCUT2D eigenvalue weighted by molar-refractivity contribution is -0.127. The Morgan fingerprint density at radius 2 is 2.21 bits per heavy atom. The molecule has 0 unspecified atom stereocenters. The summed E-state index contributed by atoms with van der Waals surface area (Å²) in [6, 6.07) is 0. The van der Waals surface area contributed by atoms with Crippen molar-refractivity contribution in [2.45, 2.75) is 19.3 Å². The summed E-state index contributed by atoms with van der Waals surface area (Å²) < 4.78 is 4.59. The maximum atomic E-state index is 9.84. The zero-order valence-electron chi connectivity index (χ0n) is 11.6. The van der Waals surface area contributed by atoms with E-state index in [9.17, 15) is 4.79 Å². The molecule has 3 heteroatoms. The summed E-state index contributed by atoms with van der Waals surface area (Å²) in [4.78, 5) is 12.2. The van der Waals surface area contributed by atoms with Gasteiger partial charge in [-0.05, 0) is 38.4 Å². The first-order valence-electron chi connectivity index (χ1n) is 6.74. The highest BCUT2D eigenvalue weighted by atomic mass is 16.5. The van der Waals surface area contributed by atoms with E-state index in [1.165, 1.54) is 19.4 Å². The molecule has 3 nitrogen and oxygen atoms in total. The van der Waals surface area contributed by atoms with Gasteiger partial charge in [0.05, 0.1) is 0 Å². The SMILES string of the molecule is CN1CC=CCCC1.O=COCC1=CC=CCC=C1. The van der Waals surface area contributed by atoms with Gasteiger partial charge in [-0.3, -0.25) is 4.79 Å². The second-order valence-electron chi connectivity index (χ2n) is 4.59. The summed E-state index contributed by atoms with van der Waals surface area (Å²) in [5, 5.41) is 0. The summed E-state index contributed by atoms with van der Waals surface area (Å²) in [5.41, 5.74) is 1.02. The average molecular weight is 261 g/mol. The Hall–Kier alpha value is -1.61. The van der Waals surface area contributed by atoms with Gasteiger partial charge in [0.1, 0.15) is 6.61 Å². The number of allylic oxidation sites excluding steroid dienone is 5. The molecule has 19 heavy (non-hydrogen) atoms. The largest absolute Gasteiger partial charge is 0.463 e. The predicted molar refractivity (Wildman–Crippen MR) is 78.9 cm³/mol. The van der Waals surface area contributed by atoms with Gasteiger partial charge in [0.2, 0.25) is 0 Å². The van der Waals surface area contributed by atoms with Crippen LogP contribution in [0.3, 0.4) is 0 Å². The highest BCUT2D eigenvalue weighted by molar-refractivity contribution is 5.39. The molecule has 104 valence electrons. The smallest absolute Gasteiger partial charge is 0.293 e. The minimum Gasteiger partial charge on any atom is -0.463 e. The van der Waals surface area contributed by atoms with Gasteiger partial charge in [-0.1, -0.05) is 42.5 Å². The van der Waals surface area contributed by atoms with Gasteiger partial charge in [-0.15, -0.1) is 0 Å². The number of ether oxygens (including phenoxy) is 1. The van der Waals surface area contributed by atoms with Crippen molar-refractivity contribution in [2.75, 3.05) is 26.7 Å². The van der Waals surface area contributed by atoms with E-state index in [2.05, 4.69) is 28.8 Å². The monoisotopic (exact) mass is 261 g/mol. The summed E-state index contributed by atoms with van der Waals surface area (Å²) in [6.45, 7) is 3.22. The lowest BCUT2D eigenvalue weighted by Gasteiger charge is -2.09. The predicted octanol–water partition coefficient (Wildman–Crippen LogP) is 2.87. The molecule has 0 amide bonds. The quantitative estimate of drug-likeness (QED) is 0.578. The Labute approximate surface area is 115 Å². The Morgan fingerprint density at radius 3 is 3.05 bits per heavy atom. The number of carbonyl (C=O) groups is 1. The summed E-state index contributed by atoms with van der Waals surface area (Å²) >= 11 is 0. The molecule has 0 radical (unpaired) electrons. The van der Waals surface area contributed by atoms with Crippen LogP contribution in [0.5, 0.6) is 0 Å². The molecular formula is C16H23NO2. The maximum Gasteiger partial charge on any atom is 0.293 e. The first-order chi connectivity index (χ1) is 9.33. The molecule has 0 N–H and O–H groups in total. The Kier molecular flexibility index (Phi) is 8.39. The third-order valence-corrected chi connectivity index (χ3v) is 2.86. The molecule has 1 aliphatic heterocycles. The van der Waals surface area contributed by atoms with Crippen LogP contribution in [0.4, 0.5) is 0 Å². The normalized spacial score (nSPS) is 18.7. The van der Waals surface area contributed by atoms with Gasteiger partial charge < -0.3 is 9.64 Å². The van der Waals surface area contributed by atoms with Crippen molar-refractivity contribution in [1.29, 1.82) is 0 Å². The lowest BCUT2D eigenvalue weighted by atomic mass is 10.2. The van der Waals surface area contributed by atoms with E-state index >= 15 is 0 Å².